The molecule has 62 valence electrons. The van der Waals surface area contributed by atoms with Gasteiger partial charge < -0.3 is 5.11 Å². The maximum atomic E-state index is 11.2. The van der Waals surface area contributed by atoms with Crippen LogP contribution in [0.3, 0.4) is 0 Å². The van der Waals surface area contributed by atoms with Gasteiger partial charge in [-0.15, -0.1) is 0 Å². The lowest BCUT2D eigenvalue weighted by Crippen LogP contribution is -2.13. The zero-order chi connectivity index (χ0) is 8.59. The first kappa shape index (κ1) is 8.24. The lowest BCUT2D eigenvalue weighted by Gasteiger charge is -1.99. The predicted molar refractivity (Wildman–Crippen MR) is 39.1 cm³/mol. The van der Waals surface area contributed by atoms with E-state index in [1.54, 1.807) is 13.8 Å². The van der Waals surface area contributed by atoms with Crippen molar-refractivity contribution in [2.75, 3.05) is 0 Å². The number of carbonyl (C=O) groups is 2. The maximum Gasteiger partial charge on any atom is 0.307 e. The molecule has 0 aliphatic heterocycles. The van der Waals surface area contributed by atoms with Crippen molar-refractivity contribution in [1.29, 1.82) is 0 Å². The summed E-state index contributed by atoms with van der Waals surface area (Å²) in [6.07, 6.45) is 0.548. The quantitative estimate of drug-likeness (QED) is 0.661. The van der Waals surface area contributed by atoms with Gasteiger partial charge in [-0.3, -0.25) is 9.59 Å². The number of rotatable bonds is 3. The van der Waals surface area contributed by atoms with E-state index in [2.05, 4.69) is 0 Å². The molecule has 1 fully saturated rings. The highest BCUT2D eigenvalue weighted by Gasteiger charge is 2.48. The number of Topliss-reactive ketones (excluding diaryl/α,β-unsaturated/α-hetero) is 1. The van der Waals surface area contributed by atoms with Crippen LogP contribution in [-0.4, -0.2) is 16.9 Å². The third-order valence-corrected chi connectivity index (χ3v) is 2.04. The van der Waals surface area contributed by atoms with Gasteiger partial charge >= 0.3 is 5.97 Å². The smallest absolute Gasteiger partial charge is 0.307 e. The number of carboxylic acids is 1. The molecule has 11 heavy (non-hydrogen) atoms. The van der Waals surface area contributed by atoms with Crippen molar-refractivity contribution < 1.29 is 14.7 Å². The van der Waals surface area contributed by atoms with E-state index in [0.717, 1.165) is 0 Å². The Hall–Kier alpha value is -0.860. The van der Waals surface area contributed by atoms with Crippen LogP contribution in [0.2, 0.25) is 0 Å². The van der Waals surface area contributed by atoms with E-state index in [1.807, 2.05) is 0 Å². The zero-order valence-corrected chi connectivity index (χ0v) is 6.70. The van der Waals surface area contributed by atoms with Gasteiger partial charge in [0.05, 0.1) is 5.92 Å². The van der Waals surface area contributed by atoms with Gasteiger partial charge in [-0.1, -0.05) is 13.8 Å². The van der Waals surface area contributed by atoms with E-state index in [4.69, 9.17) is 5.11 Å². The second kappa shape index (κ2) is 2.64. The minimum Gasteiger partial charge on any atom is -0.481 e. The van der Waals surface area contributed by atoms with Crippen molar-refractivity contribution in [3.05, 3.63) is 0 Å². The number of carboxylic acid groups (broad SMARTS) is 1. The van der Waals surface area contributed by atoms with Crippen LogP contribution >= 0.6 is 0 Å². The van der Waals surface area contributed by atoms with Gasteiger partial charge in [0.2, 0.25) is 0 Å². The number of carbonyl (C=O) groups excluding carboxylic acids is 1. The minimum atomic E-state index is -0.830. The van der Waals surface area contributed by atoms with E-state index >= 15 is 0 Å². The Morgan fingerprint density at radius 1 is 1.36 bits per heavy atom. The molecule has 2 unspecified atom stereocenters. The fourth-order valence-corrected chi connectivity index (χ4v) is 1.21. The highest BCUT2D eigenvalue weighted by molar-refractivity contribution is 5.91. The molecule has 3 heteroatoms. The van der Waals surface area contributed by atoms with Crippen LogP contribution in [-0.2, 0) is 9.59 Å². The summed E-state index contributed by atoms with van der Waals surface area (Å²) < 4.78 is 0. The van der Waals surface area contributed by atoms with Gasteiger partial charge in [0.15, 0.2) is 0 Å². The third kappa shape index (κ3) is 1.59. The molecule has 0 aromatic rings. The lowest BCUT2D eigenvalue weighted by atomic mass is 10.0. The Morgan fingerprint density at radius 3 is 2.18 bits per heavy atom. The van der Waals surface area contributed by atoms with E-state index in [0.29, 0.717) is 6.42 Å². The Labute approximate surface area is 65.4 Å². The molecule has 0 radical (unpaired) electrons. The highest BCUT2D eigenvalue weighted by Crippen LogP contribution is 2.40. The summed E-state index contributed by atoms with van der Waals surface area (Å²) in [7, 11) is 0. The lowest BCUT2D eigenvalue weighted by molar-refractivity contribution is -0.140. The molecule has 0 amide bonds. The number of aliphatic carboxylic acids is 1. The van der Waals surface area contributed by atoms with Gasteiger partial charge in [-0.05, 0) is 6.42 Å². The van der Waals surface area contributed by atoms with Crippen LogP contribution in [0.4, 0.5) is 0 Å². The molecule has 3 nitrogen and oxygen atoms in total. The summed E-state index contributed by atoms with van der Waals surface area (Å²) in [6.45, 7) is 3.61. The molecule has 0 heterocycles. The Kier molecular flexibility index (Phi) is 1.98. The molecular formula is C8H12O3. The molecule has 1 N–H and O–H groups in total. The van der Waals surface area contributed by atoms with Crippen molar-refractivity contribution in [2.24, 2.45) is 17.8 Å². The number of ketones is 1. The monoisotopic (exact) mass is 156 g/mol. The fraction of sp³-hybridized carbons (Fsp3) is 0.750. The first-order valence-electron chi connectivity index (χ1n) is 3.80. The van der Waals surface area contributed by atoms with Crippen molar-refractivity contribution in [2.45, 2.75) is 20.3 Å². The molecule has 0 bridgehead atoms. The van der Waals surface area contributed by atoms with Crippen LogP contribution in [0.1, 0.15) is 20.3 Å². The standard InChI is InChI=1S/C8H12O3/c1-4(2)7(9)5-3-6(5)8(10)11/h4-6H,3H2,1-2H3,(H,10,11). The molecule has 2 atom stereocenters. The van der Waals surface area contributed by atoms with E-state index in [9.17, 15) is 9.59 Å². The first-order valence-corrected chi connectivity index (χ1v) is 3.80. The second-order valence-electron chi connectivity index (χ2n) is 3.34. The second-order valence-corrected chi connectivity index (χ2v) is 3.34. The van der Waals surface area contributed by atoms with Gasteiger partial charge in [-0.25, -0.2) is 0 Å². The summed E-state index contributed by atoms with van der Waals surface area (Å²) in [5.74, 6) is -1.33. The van der Waals surface area contributed by atoms with Crippen LogP contribution in [0.25, 0.3) is 0 Å². The molecule has 0 aromatic heterocycles. The van der Waals surface area contributed by atoms with Gasteiger partial charge in [0.25, 0.3) is 0 Å². The van der Waals surface area contributed by atoms with Crippen LogP contribution < -0.4 is 0 Å². The largest absolute Gasteiger partial charge is 0.481 e. The molecule has 1 rings (SSSR count). The minimum absolute atomic E-state index is 0.0238. The Bertz CT molecular complexity index is 196. The normalized spacial score (nSPS) is 28.6. The summed E-state index contributed by atoms with van der Waals surface area (Å²) >= 11 is 0. The first-order chi connectivity index (χ1) is 5.04. The number of hydrogen-bond donors (Lipinski definition) is 1. The summed E-state index contributed by atoms with van der Waals surface area (Å²) in [6, 6.07) is 0. The Morgan fingerprint density at radius 2 is 1.91 bits per heavy atom. The van der Waals surface area contributed by atoms with E-state index in [1.165, 1.54) is 0 Å². The highest BCUT2D eigenvalue weighted by atomic mass is 16.4. The van der Waals surface area contributed by atoms with Gasteiger partial charge in [0.1, 0.15) is 5.78 Å². The van der Waals surface area contributed by atoms with Crippen molar-refractivity contribution in [1.82, 2.24) is 0 Å². The van der Waals surface area contributed by atoms with Crippen LogP contribution in [0, 0.1) is 17.8 Å². The van der Waals surface area contributed by atoms with E-state index in [-0.39, 0.29) is 23.5 Å². The van der Waals surface area contributed by atoms with Crippen molar-refractivity contribution >= 4 is 11.8 Å². The van der Waals surface area contributed by atoms with Crippen LogP contribution in [0.5, 0.6) is 0 Å². The molecule has 0 spiro atoms. The van der Waals surface area contributed by atoms with Crippen molar-refractivity contribution in [3.63, 3.8) is 0 Å². The van der Waals surface area contributed by atoms with Crippen molar-refractivity contribution in [3.8, 4) is 0 Å². The van der Waals surface area contributed by atoms with Gasteiger partial charge in [0, 0.05) is 11.8 Å². The predicted octanol–water partition coefficient (Wildman–Crippen LogP) is 0.932. The fourth-order valence-electron chi connectivity index (χ4n) is 1.21. The molecule has 0 saturated heterocycles. The van der Waals surface area contributed by atoms with E-state index < -0.39 is 5.97 Å². The Balaban J connectivity index is 2.44. The van der Waals surface area contributed by atoms with Gasteiger partial charge in [-0.2, -0.15) is 0 Å². The third-order valence-electron chi connectivity index (χ3n) is 2.04. The SMILES string of the molecule is CC(C)C(=O)C1CC1C(=O)O. The van der Waals surface area contributed by atoms with Crippen LogP contribution in [0.15, 0.2) is 0 Å². The number of hydrogen-bond acceptors (Lipinski definition) is 2. The summed E-state index contributed by atoms with van der Waals surface area (Å²) in [4.78, 5) is 21.5. The zero-order valence-electron chi connectivity index (χ0n) is 6.70. The average Bonchev–Trinajstić information content (AvgIpc) is 2.63. The molecule has 0 aromatic carbocycles. The molecule has 1 aliphatic rings. The molecule has 1 aliphatic carbocycles. The maximum absolute atomic E-state index is 11.2. The summed E-state index contributed by atoms with van der Waals surface area (Å²) in [5, 5.41) is 8.50. The average molecular weight is 156 g/mol. The summed E-state index contributed by atoms with van der Waals surface area (Å²) in [5.41, 5.74) is 0. The topological polar surface area (TPSA) is 54.4 Å². The molecular weight excluding hydrogens is 144 g/mol. The molecule has 1 saturated carbocycles.